The Morgan fingerprint density at radius 3 is 2.42 bits per heavy atom. The van der Waals surface area contributed by atoms with E-state index in [1.165, 1.54) is 0 Å². The third kappa shape index (κ3) is 8.55. The first-order valence-electron chi connectivity index (χ1n) is 7.23. The zero-order valence-corrected chi connectivity index (χ0v) is 12.4. The van der Waals surface area contributed by atoms with Crippen molar-refractivity contribution in [1.82, 2.24) is 4.90 Å². The molecule has 0 aromatic heterocycles. The Labute approximate surface area is 116 Å². The number of hydrogen-bond donors (Lipinski definition) is 1. The molecule has 1 fully saturated rings. The van der Waals surface area contributed by atoms with Gasteiger partial charge < -0.3 is 24.2 Å². The molecule has 1 N–H and O–H groups in total. The fourth-order valence-corrected chi connectivity index (χ4v) is 2.20. The minimum absolute atomic E-state index is 0.481. The molecule has 1 saturated heterocycles. The van der Waals surface area contributed by atoms with Gasteiger partial charge in [-0.3, -0.25) is 0 Å². The van der Waals surface area contributed by atoms with E-state index >= 15 is 0 Å². The summed E-state index contributed by atoms with van der Waals surface area (Å²) in [4.78, 5) is 2.37. The average Bonchev–Trinajstić information content (AvgIpc) is 2.54. The van der Waals surface area contributed by atoms with E-state index in [4.69, 9.17) is 14.2 Å². The molecule has 0 amide bonds. The lowest BCUT2D eigenvalue weighted by atomic mass is 9.98. The Kier molecular flexibility index (Phi) is 8.57. The topological polar surface area (TPSA) is 51.2 Å². The summed E-state index contributed by atoms with van der Waals surface area (Å²) in [6.07, 6.45) is 2.82. The number of likely N-dealkylation sites (tertiary alicyclic amines) is 1. The highest BCUT2D eigenvalue weighted by Crippen LogP contribution is 2.20. The van der Waals surface area contributed by atoms with E-state index in [1.807, 2.05) is 6.92 Å². The van der Waals surface area contributed by atoms with Gasteiger partial charge in [-0.25, -0.2) is 0 Å². The van der Waals surface area contributed by atoms with Crippen molar-refractivity contribution in [2.75, 3.05) is 59.8 Å². The number of methoxy groups -OCH3 is 1. The lowest BCUT2D eigenvalue weighted by Gasteiger charge is -2.22. The van der Waals surface area contributed by atoms with Gasteiger partial charge in [0.1, 0.15) is 0 Å². The predicted octanol–water partition coefficient (Wildman–Crippen LogP) is 0.903. The summed E-state index contributed by atoms with van der Waals surface area (Å²) in [5.74, 6) is 0. The summed E-state index contributed by atoms with van der Waals surface area (Å²) >= 11 is 0. The van der Waals surface area contributed by atoms with Crippen LogP contribution in [-0.4, -0.2) is 75.4 Å². The molecular weight excluding hydrogens is 246 g/mol. The molecule has 1 heterocycles. The van der Waals surface area contributed by atoms with Crippen molar-refractivity contribution in [2.24, 2.45) is 0 Å². The van der Waals surface area contributed by atoms with Crippen LogP contribution in [0.25, 0.3) is 0 Å². The van der Waals surface area contributed by atoms with E-state index in [9.17, 15) is 5.11 Å². The van der Waals surface area contributed by atoms with Gasteiger partial charge >= 0.3 is 0 Å². The second-order valence-electron chi connectivity index (χ2n) is 5.41. The average molecular weight is 275 g/mol. The molecule has 0 spiro atoms. The maximum absolute atomic E-state index is 10.00. The molecule has 19 heavy (non-hydrogen) atoms. The Morgan fingerprint density at radius 1 is 1.00 bits per heavy atom. The van der Waals surface area contributed by atoms with Crippen LogP contribution in [0.5, 0.6) is 0 Å². The smallest absolute Gasteiger partial charge is 0.0701 e. The molecule has 5 nitrogen and oxygen atoms in total. The second-order valence-corrected chi connectivity index (χ2v) is 5.41. The van der Waals surface area contributed by atoms with E-state index in [2.05, 4.69) is 4.90 Å². The molecule has 1 aliphatic rings. The van der Waals surface area contributed by atoms with Crippen LogP contribution in [0.4, 0.5) is 0 Å². The van der Waals surface area contributed by atoms with Crippen LogP contribution in [0, 0.1) is 0 Å². The normalized spacial score (nSPS) is 25.4. The number of rotatable bonds is 9. The van der Waals surface area contributed by atoms with Gasteiger partial charge in [0.25, 0.3) is 0 Å². The molecule has 1 unspecified atom stereocenters. The molecule has 114 valence electrons. The van der Waals surface area contributed by atoms with Gasteiger partial charge in [0.15, 0.2) is 0 Å². The third-order valence-electron chi connectivity index (χ3n) is 3.51. The molecule has 0 aromatic rings. The Hall–Kier alpha value is -0.200. The lowest BCUT2D eigenvalue weighted by molar-refractivity contribution is 0.0181. The van der Waals surface area contributed by atoms with Crippen LogP contribution in [-0.2, 0) is 14.2 Å². The second kappa shape index (κ2) is 9.66. The SMILES string of the molecule is COCCOCCOCCN1CCCC(C)(O)CC1. The van der Waals surface area contributed by atoms with Crippen LogP contribution >= 0.6 is 0 Å². The maximum Gasteiger partial charge on any atom is 0.0701 e. The third-order valence-corrected chi connectivity index (χ3v) is 3.51. The quantitative estimate of drug-likeness (QED) is 0.634. The van der Waals surface area contributed by atoms with Crippen molar-refractivity contribution < 1.29 is 19.3 Å². The minimum Gasteiger partial charge on any atom is -0.390 e. The van der Waals surface area contributed by atoms with Gasteiger partial charge in [0, 0.05) is 20.2 Å². The van der Waals surface area contributed by atoms with Crippen LogP contribution in [0.2, 0.25) is 0 Å². The zero-order valence-electron chi connectivity index (χ0n) is 12.4. The first-order valence-corrected chi connectivity index (χ1v) is 7.23. The monoisotopic (exact) mass is 275 g/mol. The fraction of sp³-hybridized carbons (Fsp3) is 1.00. The highest BCUT2D eigenvalue weighted by molar-refractivity contribution is 4.78. The summed E-state index contributed by atoms with van der Waals surface area (Å²) in [5, 5.41) is 10.00. The first-order chi connectivity index (χ1) is 9.14. The summed E-state index contributed by atoms with van der Waals surface area (Å²) in [7, 11) is 1.67. The molecule has 0 aliphatic carbocycles. The van der Waals surface area contributed by atoms with Crippen LogP contribution in [0.1, 0.15) is 26.2 Å². The molecular formula is C14H29NO4. The summed E-state index contributed by atoms with van der Waals surface area (Å²) < 4.78 is 15.7. The van der Waals surface area contributed by atoms with Crippen molar-refractivity contribution in [2.45, 2.75) is 31.8 Å². The van der Waals surface area contributed by atoms with Gasteiger partial charge in [-0.05, 0) is 32.7 Å². The number of nitrogens with zero attached hydrogens (tertiary/aromatic N) is 1. The Bertz CT molecular complexity index is 223. The van der Waals surface area contributed by atoms with Gasteiger partial charge in [-0.2, -0.15) is 0 Å². The number of hydrogen-bond acceptors (Lipinski definition) is 5. The number of aliphatic hydroxyl groups is 1. The van der Waals surface area contributed by atoms with Gasteiger partial charge in [-0.15, -0.1) is 0 Å². The molecule has 5 heteroatoms. The molecule has 0 bridgehead atoms. The molecule has 0 radical (unpaired) electrons. The van der Waals surface area contributed by atoms with Crippen molar-refractivity contribution in [3.05, 3.63) is 0 Å². The van der Waals surface area contributed by atoms with Crippen molar-refractivity contribution in [3.63, 3.8) is 0 Å². The van der Waals surface area contributed by atoms with Crippen molar-refractivity contribution in [3.8, 4) is 0 Å². The van der Waals surface area contributed by atoms with E-state index < -0.39 is 5.60 Å². The summed E-state index contributed by atoms with van der Waals surface area (Å²) in [6.45, 7) is 8.14. The fourth-order valence-electron chi connectivity index (χ4n) is 2.20. The Morgan fingerprint density at radius 2 is 1.68 bits per heavy atom. The first kappa shape index (κ1) is 16.9. The van der Waals surface area contributed by atoms with Crippen molar-refractivity contribution in [1.29, 1.82) is 0 Å². The van der Waals surface area contributed by atoms with Crippen molar-refractivity contribution >= 4 is 0 Å². The molecule has 1 atom stereocenters. The summed E-state index contributed by atoms with van der Waals surface area (Å²) in [5.41, 5.74) is -0.481. The maximum atomic E-state index is 10.00. The van der Waals surface area contributed by atoms with Crippen LogP contribution < -0.4 is 0 Å². The summed E-state index contributed by atoms with van der Waals surface area (Å²) in [6, 6.07) is 0. The minimum atomic E-state index is -0.481. The lowest BCUT2D eigenvalue weighted by Crippen LogP contribution is -2.31. The van der Waals surface area contributed by atoms with E-state index in [0.29, 0.717) is 26.4 Å². The van der Waals surface area contributed by atoms with Crippen LogP contribution in [0.15, 0.2) is 0 Å². The molecule has 1 rings (SSSR count). The number of ether oxygens (including phenoxy) is 3. The highest BCUT2D eigenvalue weighted by atomic mass is 16.5. The predicted molar refractivity (Wildman–Crippen MR) is 74.4 cm³/mol. The van der Waals surface area contributed by atoms with E-state index in [-0.39, 0.29) is 0 Å². The molecule has 1 aliphatic heterocycles. The van der Waals surface area contributed by atoms with E-state index in [1.54, 1.807) is 7.11 Å². The zero-order chi connectivity index (χ0) is 14.0. The standard InChI is InChI=1S/C14H29NO4/c1-14(16)4-3-6-15(7-5-14)8-9-18-12-13-19-11-10-17-2/h16H,3-13H2,1-2H3. The van der Waals surface area contributed by atoms with Crippen LogP contribution in [0.3, 0.4) is 0 Å². The highest BCUT2D eigenvalue weighted by Gasteiger charge is 2.24. The van der Waals surface area contributed by atoms with E-state index in [0.717, 1.165) is 45.5 Å². The molecule has 0 saturated carbocycles. The van der Waals surface area contributed by atoms with Gasteiger partial charge in [0.05, 0.1) is 38.6 Å². The van der Waals surface area contributed by atoms with Gasteiger partial charge in [-0.1, -0.05) is 0 Å². The van der Waals surface area contributed by atoms with Gasteiger partial charge in [0.2, 0.25) is 0 Å². The largest absolute Gasteiger partial charge is 0.390 e. The Balaban J connectivity index is 1.94. The molecule has 0 aromatic carbocycles.